The summed E-state index contributed by atoms with van der Waals surface area (Å²) in [6, 6.07) is 15.5. The Labute approximate surface area is 119 Å². The van der Waals surface area contributed by atoms with Crippen molar-refractivity contribution >= 4 is 11.4 Å². The number of rotatable bonds is 4. The molecule has 2 rings (SSSR count). The lowest BCUT2D eigenvalue weighted by atomic mass is 10.1. The van der Waals surface area contributed by atoms with E-state index < -0.39 is 0 Å². The molecule has 0 heterocycles. The van der Waals surface area contributed by atoms with Gasteiger partial charge < -0.3 is 15.4 Å². The van der Waals surface area contributed by atoms with Gasteiger partial charge in [-0.1, -0.05) is 12.1 Å². The zero-order valence-electron chi connectivity index (χ0n) is 11.6. The molecule has 20 heavy (non-hydrogen) atoms. The fourth-order valence-electron chi connectivity index (χ4n) is 2.01. The van der Waals surface area contributed by atoms with E-state index in [1.165, 1.54) is 0 Å². The Hall–Kier alpha value is -2.67. The molecule has 0 aliphatic rings. The maximum absolute atomic E-state index is 9.02. The molecule has 0 unspecified atom stereocenters. The van der Waals surface area contributed by atoms with Gasteiger partial charge >= 0.3 is 0 Å². The van der Waals surface area contributed by atoms with Crippen molar-refractivity contribution in [3.8, 4) is 11.8 Å². The van der Waals surface area contributed by atoms with Gasteiger partial charge in [0.25, 0.3) is 0 Å². The highest BCUT2D eigenvalue weighted by atomic mass is 16.5. The summed E-state index contributed by atoms with van der Waals surface area (Å²) in [4.78, 5) is 2.06. The Kier molecular flexibility index (Phi) is 4.11. The first kappa shape index (κ1) is 13.8. The molecule has 2 aromatic rings. The van der Waals surface area contributed by atoms with Crippen molar-refractivity contribution < 1.29 is 4.74 Å². The number of nitrogens with two attached hydrogens (primary N) is 1. The largest absolute Gasteiger partial charge is 0.497 e. The topological polar surface area (TPSA) is 62.3 Å². The van der Waals surface area contributed by atoms with E-state index in [1.807, 2.05) is 37.4 Å². The molecule has 0 saturated carbocycles. The van der Waals surface area contributed by atoms with Crippen LogP contribution in [-0.4, -0.2) is 14.2 Å². The van der Waals surface area contributed by atoms with E-state index >= 15 is 0 Å². The number of ether oxygens (including phenoxy) is 1. The molecule has 2 aromatic carbocycles. The summed E-state index contributed by atoms with van der Waals surface area (Å²) in [5.74, 6) is 0.839. The van der Waals surface area contributed by atoms with Gasteiger partial charge in [0.2, 0.25) is 0 Å². The number of methoxy groups -OCH3 is 1. The molecule has 4 heteroatoms. The van der Waals surface area contributed by atoms with E-state index in [9.17, 15) is 0 Å². The highest BCUT2D eigenvalue weighted by molar-refractivity contribution is 5.62. The monoisotopic (exact) mass is 267 g/mol. The van der Waals surface area contributed by atoms with Gasteiger partial charge in [-0.15, -0.1) is 0 Å². The SMILES string of the molecule is COc1cccc(CN(C)c2ccc(N)c(C#N)c2)c1. The Bertz CT molecular complexity index is 646. The van der Waals surface area contributed by atoms with E-state index in [1.54, 1.807) is 19.2 Å². The summed E-state index contributed by atoms with van der Waals surface area (Å²) >= 11 is 0. The molecular weight excluding hydrogens is 250 g/mol. The molecule has 0 saturated heterocycles. The minimum atomic E-state index is 0.500. The van der Waals surface area contributed by atoms with E-state index in [-0.39, 0.29) is 0 Å². The molecular formula is C16H17N3O. The molecule has 0 fully saturated rings. The second-order valence-electron chi connectivity index (χ2n) is 4.59. The van der Waals surface area contributed by atoms with Crippen LogP contribution in [0.15, 0.2) is 42.5 Å². The quantitative estimate of drug-likeness (QED) is 0.865. The van der Waals surface area contributed by atoms with Gasteiger partial charge in [0, 0.05) is 25.0 Å². The third-order valence-electron chi connectivity index (χ3n) is 3.15. The van der Waals surface area contributed by atoms with Crippen LogP contribution >= 0.6 is 0 Å². The average Bonchev–Trinajstić information content (AvgIpc) is 2.47. The van der Waals surface area contributed by atoms with E-state index in [4.69, 9.17) is 15.7 Å². The number of nitrogens with zero attached hydrogens (tertiary/aromatic N) is 2. The van der Waals surface area contributed by atoms with E-state index in [0.717, 1.165) is 23.5 Å². The molecule has 0 aromatic heterocycles. The Balaban J connectivity index is 2.19. The smallest absolute Gasteiger partial charge is 0.119 e. The van der Waals surface area contributed by atoms with Gasteiger partial charge in [0.15, 0.2) is 0 Å². The van der Waals surface area contributed by atoms with Crippen molar-refractivity contribution in [1.82, 2.24) is 0 Å². The molecule has 0 spiro atoms. The molecule has 0 aliphatic carbocycles. The van der Waals surface area contributed by atoms with Crippen molar-refractivity contribution in [2.24, 2.45) is 0 Å². The number of hydrogen-bond acceptors (Lipinski definition) is 4. The van der Waals surface area contributed by atoms with Crippen molar-refractivity contribution in [3.05, 3.63) is 53.6 Å². The van der Waals surface area contributed by atoms with Gasteiger partial charge in [-0.05, 0) is 35.9 Å². The van der Waals surface area contributed by atoms with Gasteiger partial charge in [-0.2, -0.15) is 5.26 Å². The minimum Gasteiger partial charge on any atom is -0.497 e. The maximum Gasteiger partial charge on any atom is 0.119 e. The van der Waals surface area contributed by atoms with E-state index in [0.29, 0.717) is 11.3 Å². The number of nitriles is 1. The van der Waals surface area contributed by atoms with Crippen LogP contribution in [0.5, 0.6) is 5.75 Å². The Morgan fingerprint density at radius 3 is 2.75 bits per heavy atom. The molecule has 0 atom stereocenters. The van der Waals surface area contributed by atoms with Gasteiger partial charge in [0.1, 0.15) is 11.8 Å². The predicted octanol–water partition coefficient (Wildman–Crippen LogP) is 2.79. The van der Waals surface area contributed by atoms with Gasteiger partial charge in [-0.3, -0.25) is 0 Å². The Morgan fingerprint density at radius 1 is 1.25 bits per heavy atom. The first-order valence-electron chi connectivity index (χ1n) is 6.27. The summed E-state index contributed by atoms with van der Waals surface area (Å²) in [5.41, 5.74) is 8.84. The van der Waals surface area contributed by atoms with Crippen LogP contribution < -0.4 is 15.4 Å². The second kappa shape index (κ2) is 5.98. The van der Waals surface area contributed by atoms with Crippen LogP contribution in [0, 0.1) is 11.3 Å². The summed E-state index contributed by atoms with van der Waals surface area (Å²) < 4.78 is 5.22. The summed E-state index contributed by atoms with van der Waals surface area (Å²) in [7, 11) is 3.63. The van der Waals surface area contributed by atoms with Crippen molar-refractivity contribution in [2.45, 2.75) is 6.54 Å². The molecule has 0 radical (unpaired) electrons. The standard InChI is InChI=1S/C16H17N3O/c1-19(11-12-4-3-5-15(8-12)20-2)14-6-7-16(18)13(9-14)10-17/h3-9H,11,18H2,1-2H3. The summed E-state index contributed by atoms with van der Waals surface area (Å²) in [5, 5.41) is 9.02. The fraction of sp³-hybridized carbons (Fsp3) is 0.188. The van der Waals surface area contributed by atoms with Crippen LogP contribution in [0.1, 0.15) is 11.1 Å². The molecule has 4 nitrogen and oxygen atoms in total. The van der Waals surface area contributed by atoms with Crippen molar-refractivity contribution in [3.63, 3.8) is 0 Å². The van der Waals surface area contributed by atoms with Crippen LogP contribution in [0.2, 0.25) is 0 Å². The lowest BCUT2D eigenvalue weighted by Gasteiger charge is -2.20. The highest BCUT2D eigenvalue weighted by Gasteiger charge is 2.06. The van der Waals surface area contributed by atoms with Crippen molar-refractivity contribution in [2.75, 3.05) is 24.8 Å². The number of hydrogen-bond donors (Lipinski definition) is 1. The highest BCUT2D eigenvalue weighted by Crippen LogP contribution is 2.22. The number of nitrogen functional groups attached to an aromatic ring is 1. The third kappa shape index (κ3) is 3.01. The molecule has 102 valence electrons. The second-order valence-corrected chi connectivity index (χ2v) is 4.59. The van der Waals surface area contributed by atoms with Crippen LogP contribution in [0.25, 0.3) is 0 Å². The first-order valence-corrected chi connectivity index (χ1v) is 6.27. The molecule has 2 N–H and O–H groups in total. The van der Waals surface area contributed by atoms with Crippen LogP contribution in [-0.2, 0) is 6.54 Å². The fourth-order valence-corrected chi connectivity index (χ4v) is 2.01. The van der Waals surface area contributed by atoms with Gasteiger partial charge in [0.05, 0.1) is 12.7 Å². The lowest BCUT2D eigenvalue weighted by molar-refractivity contribution is 0.414. The predicted molar refractivity (Wildman–Crippen MR) is 80.7 cm³/mol. The average molecular weight is 267 g/mol. The Morgan fingerprint density at radius 2 is 2.05 bits per heavy atom. The number of anilines is 2. The summed E-state index contributed by atoms with van der Waals surface area (Å²) in [6.45, 7) is 0.728. The normalized spacial score (nSPS) is 9.85. The van der Waals surface area contributed by atoms with Crippen molar-refractivity contribution in [1.29, 1.82) is 5.26 Å². The summed E-state index contributed by atoms with van der Waals surface area (Å²) in [6.07, 6.45) is 0. The molecule has 0 amide bonds. The van der Waals surface area contributed by atoms with Gasteiger partial charge in [-0.25, -0.2) is 0 Å². The third-order valence-corrected chi connectivity index (χ3v) is 3.15. The maximum atomic E-state index is 9.02. The van der Waals surface area contributed by atoms with E-state index in [2.05, 4.69) is 11.0 Å². The molecule has 0 bridgehead atoms. The first-order chi connectivity index (χ1) is 9.63. The molecule has 0 aliphatic heterocycles. The van der Waals surface area contributed by atoms with Crippen LogP contribution in [0.4, 0.5) is 11.4 Å². The zero-order valence-corrected chi connectivity index (χ0v) is 11.6. The lowest BCUT2D eigenvalue weighted by Crippen LogP contribution is -2.16. The zero-order chi connectivity index (χ0) is 14.5. The number of benzene rings is 2. The van der Waals surface area contributed by atoms with Crippen LogP contribution in [0.3, 0.4) is 0 Å². The minimum absolute atomic E-state index is 0.500.